The van der Waals surface area contributed by atoms with Crippen LogP contribution >= 0.6 is 0 Å². The molecule has 6 heteroatoms. The first-order valence-corrected chi connectivity index (χ1v) is 25.8. The third-order valence-corrected chi connectivity index (χ3v) is 16.4. The van der Waals surface area contributed by atoms with Crippen molar-refractivity contribution in [2.24, 2.45) is 0 Å². The van der Waals surface area contributed by atoms with E-state index in [0.717, 1.165) is 139 Å². The second kappa shape index (κ2) is 14.9. The number of nitrogens with zero attached hydrogens (tertiary/aromatic N) is 3. The molecule has 1 aliphatic rings. The molecule has 0 bridgehead atoms. The highest BCUT2D eigenvalue weighted by Crippen LogP contribution is 2.57. The summed E-state index contributed by atoms with van der Waals surface area (Å²) in [5.74, 6) is 0. The number of furan rings is 3. The van der Waals surface area contributed by atoms with Crippen molar-refractivity contribution in [3.05, 3.63) is 235 Å². The van der Waals surface area contributed by atoms with E-state index < -0.39 is 0 Å². The largest absolute Gasteiger partial charge is 0.454 e. The lowest BCUT2D eigenvalue weighted by Crippen LogP contribution is -2.13. The summed E-state index contributed by atoms with van der Waals surface area (Å²) in [5.41, 5.74) is 22.1. The van der Waals surface area contributed by atoms with Crippen molar-refractivity contribution < 1.29 is 13.3 Å². The van der Waals surface area contributed by atoms with Crippen molar-refractivity contribution in [3.63, 3.8) is 0 Å². The van der Waals surface area contributed by atoms with Gasteiger partial charge in [0.1, 0.15) is 16.7 Å². The number of anilines is 6. The van der Waals surface area contributed by atoms with Gasteiger partial charge in [-0.05, 0) is 102 Å². The van der Waals surface area contributed by atoms with Crippen LogP contribution in [0.25, 0.3) is 115 Å². The highest BCUT2D eigenvalue weighted by atomic mass is 16.3. The van der Waals surface area contributed by atoms with Crippen LogP contribution in [0.3, 0.4) is 0 Å². The van der Waals surface area contributed by atoms with E-state index in [1.165, 1.54) is 38.5 Å². The summed E-state index contributed by atoms with van der Waals surface area (Å²) < 4.78 is 23.7. The summed E-state index contributed by atoms with van der Waals surface area (Å²) in [4.78, 5) is 4.93. The highest BCUT2D eigenvalue weighted by Gasteiger charge is 2.35. The highest BCUT2D eigenvalue weighted by molar-refractivity contribution is 6.34. The third kappa shape index (κ3) is 5.42. The van der Waals surface area contributed by atoms with Gasteiger partial charge >= 0.3 is 0 Å². The van der Waals surface area contributed by atoms with Crippen molar-refractivity contribution in [2.75, 3.05) is 9.80 Å². The number of hydrogen-bond donors (Lipinski definition) is 0. The summed E-state index contributed by atoms with van der Waals surface area (Å²) >= 11 is 0. The van der Waals surface area contributed by atoms with Crippen LogP contribution in [-0.4, -0.2) is 4.40 Å². The molecule has 75 heavy (non-hydrogen) atoms. The van der Waals surface area contributed by atoms with Crippen LogP contribution in [0, 0.1) is 13.8 Å². The molecule has 1 aliphatic carbocycles. The van der Waals surface area contributed by atoms with Gasteiger partial charge in [0.2, 0.25) is 0 Å². The fourth-order valence-corrected chi connectivity index (χ4v) is 13.2. The Bertz CT molecular complexity index is 5100. The number of aryl methyl sites for hydroxylation is 2. The van der Waals surface area contributed by atoms with Gasteiger partial charge in [0.15, 0.2) is 16.7 Å². The molecule has 0 atom stereocenters. The average molecular weight is 962 g/mol. The molecular formula is C69H43N3O3. The van der Waals surface area contributed by atoms with E-state index in [1.54, 1.807) is 0 Å². The van der Waals surface area contributed by atoms with E-state index in [-0.39, 0.29) is 0 Å². The minimum Gasteiger partial charge on any atom is -0.454 e. The second-order valence-electron chi connectivity index (χ2n) is 20.4. The predicted octanol–water partition coefficient (Wildman–Crippen LogP) is 19.7. The van der Waals surface area contributed by atoms with Crippen molar-refractivity contribution in [1.29, 1.82) is 0 Å². The van der Waals surface area contributed by atoms with Crippen LogP contribution < -0.4 is 9.80 Å². The van der Waals surface area contributed by atoms with Crippen molar-refractivity contribution in [1.82, 2.24) is 4.40 Å². The Balaban J connectivity index is 1.08. The predicted molar refractivity (Wildman–Crippen MR) is 310 cm³/mol. The molecular weight excluding hydrogens is 919 g/mol. The number of fused-ring (bicyclic) bond motifs is 20. The molecule has 5 heterocycles. The minimum absolute atomic E-state index is 0.791. The molecule has 17 rings (SSSR count). The maximum Gasteiger partial charge on any atom is 0.160 e. The summed E-state index contributed by atoms with van der Waals surface area (Å²) in [7, 11) is 0. The van der Waals surface area contributed by atoms with Crippen molar-refractivity contribution >= 4 is 138 Å². The molecule has 0 N–H and O–H groups in total. The van der Waals surface area contributed by atoms with Crippen LogP contribution in [-0.2, 0) is 6.42 Å². The van der Waals surface area contributed by atoms with Gasteiger partial charge in [-0.1, -0.05) is 158 Å². The van der Waals surface area contributed by atoms with Crippen molar-refractivity contribution in [3.8, 4) is 11.1 Å². The molecule has 0 spiro atoms. The van der Waals surface area contributed by atoms with E-state index in [0.29, 0.717) is 0 Å². The van der Waals surface area contributed by atoms with E-state index in [1.807, 2.05) is 6.07 Å². The fraction of sp³-hybridized carbons (Fsp3) is 0.0435. The first kappa shape index (κ1) is 40.8. The molecule has 352 valence electrons. The summed E-state index contributed by atoms with van der Waals surface area (Å²) in [6, 6.07) is 76.6. The van der Waals surface area contributed by atoms with E-state index in [2.05, 4.69) is 234 Å². The minimum atomic E-state index is 0.791. The van der Waals surface area contributed by atoms with Gasteiger partial charge in [0.25, 0.3) is 0 Å². The number of hydrogen-bond acceptors (Lipinski definition) is 5. The Morgan fingerprint density at radius 3 is 1.37 bits per heavy atom. The number of para-hydroxylation sites is 8. The molecule has 16 aromatic rings. The van der Waals surface area contributed by atoms with Gasteiger partial charge < -0.3 is 27.5 Å². The molecule has 0 fully saturated rings. The fourth-order valence-electron chi connectivity index (χ4n) is 13.2. The van der Waals surface area contributed by atoms with Gasteiger partial charge in [-0.2, -0.15) is 0 Å². The van der Waals surface area contributed by atoms with Crippen LogP contribution in [0.4, 0.5) is 34.1 Å². The van der Waals surface area contributed by atoms with Crippen LogP contribution in [0.5, 0.6) is 0 Å². The molecule has 6 nitrogen and oxygen atoms in total. The van der Waals surface area contributed by atoms with Gasteiger partial charge in [0.05, 0.1) is 39.3 Å². The maximum atomic E-state index is 7.27. The lowest BCUT2D eigenvalue weighted by Gasteiger charge is -2.29. The molecule has 0 saturated carbocycles. The Morgan fingerprint density at radius 2 is 0.773 bits per heavy atom. The Kier molecular flexibility index (Phi) is 8.10. The number of benzene rings is 11. The summed E-state index contributed by atoms with van der Waals surface area (Å²) in [6.45, 7) is 4.42. The smallest absolute Gasteiger partial charge is 0.160 e. The summed E-state index contributed by atoms with van der Waals surface area (Å²) in [5, 5.41) is 11.1. The first-order chi connectivity index (χ1) is 37.1. The lowest BCUT2D eigenvalue weighted by molar-refractivity contribution is 0.668. The number of aromatic nitrogens is 1. The Labute approximate surface area is 429 Å². The molecule has 0 radical (unpaired) electrons. The number of rotatable bonds is 6. The van der Waals surface area contributed by atoms with Crippen LogP contribution in [0.2, 0.25) is 0 Å². The molecule has 0 saturated heterocycles. The van der Waals surface area contributed by atoms with Gasteiger partial charge in [-0.3, -0.25) is 0 Å². The SMILES string of the molecule is Cc1ccccc1N(c1cccc2c1oc1ccccc12)c1cc2c(c3c1c1cccc4c5c(N(c6ccccc6C)c6cccc7c6oc6ccccc67)cc6c7ccccc7oc6c5n3c14)Cc1ccccc1-2. The third-order valence-electron chi connectivity index (χ3n) is 16.4. The van der Waals surface area contributed by atoms with Gasteiger partial charge in [-0.15, -0.1) is 0 Å². The standard InChI is InChI=1S/C69H43N3O3/c1-39-18-3-10-29-53(39)70(55-31-16-25-46-43-22-7-12-33-59(43)73-67(46)55)57-37-50-42-21-6-5-20-41(42)36-51(50)65-62(57)48-27-15-28-49-63-58(38-52-45-24-9-14-35-61(45)75-69(52)66(63)72(65)64(48)49)71(54-30-11-4-19-40(54)2)56-32-17-26-47-44-23-8-13-34-60(44)74-68(47)56/h3-35,37-38H,36H2,1-2H3. The van der Waals surface area contributed by atoms with E-state index >= 15 is 0 Å². The lowest BCUT2D eigenvalue weighted by atomic mass is 9.97. The van der Waals surface area contributed by atoms with Gasteiger partial charge in [-0.25, -0.2) is 0 Å². The zero-order chi connectivity index (χ0) is 49.2. The zero-order valence-electron chi connectivity index (χ0n) is 41.0. The molecule has 5 aromatic heterocycles. The topological polar surface area (TPSA) is 50.3 Å². The van der Waals surface area contributed by atoms with Crippen LogP contribution in [0.15, 0.2) is 226 Å². The first-order valence-electron chi connectivity index (χ1n) is 25.8. The van der Waals surface area contributed by atoms with E-state index in [9.17, 15) is 0 Å². The molecule has 0 aliphatic heterocycles. The Hall–Kier alpha value is -9.78. The quantitative estimate of drug-likeness (QED) is 0.166. The Morgan fingerprint density at radius 1 is 0.333 bits per heavy atom. The van der Waals surface area contributed by atoms with Gasteiger partial charge in [0, 0.05) is 71.7 Å². The molecule has 11 aromatic carbocycles. The maximum absolute atomic E-state index is 7.27. The second-order valence-corrected chi connectivity index (χ2v) is 20.4. The van der Waals surface area contributed by atoms with Crippen LogP contribution in [0.1, 0.15) is 22.3 Å². The molecule has 0 unspecified atom stereocenters. The van der Waals surface area contributed by atoms with E-state index in [4.69, 9.17) is 13.3 Å². The monoisotopic (exact) mass is 961 g/mol. The normalized spacial score (nSPS) is 12.6. The zero-order valence-corrected chi connectivity index (χ0v) is 41.0. The summed E-state index contributed by atoms with van der Waals surface area (Å²) in [6.07, 6.45) is 0.791. The van der Waals surface area contributed by atoms with Crippen molar-refractivity contribution in [2.45, 2.75) is 20.3 Å². The average Bonchev–Trinajstić information content (AvgIpc) is 4.40. The molecule has 0 amide bonds.